The van der Waals surface area contributed by atoms with Gasteiger partial charge < -0.3 is 14.4 Å². The SMILES string of the molecule is Cn1nnc(Br)c1-c1cnc2c3ccc(C(C)(C)O)cc3n([C@H](c3ccccc3)C3CCOCC3)c2c1. The van der Waals surface area contributed by atoms with Crippen LogP contribution in [0.25, 0.3) is 33.2 Å². The molecular formula is C29H30BrN5O2. The van der Waals surface area contributed by atoms with E-state index in [0.717, 1.165) is 64.8 Å². The normalized spacial score (nSPS) is 16.0. The van der Waals surface area contributed by atoms with E-state index in [0.29, 0.717) is 10.5 Å². The van der Waals surface area contributed by atoms with Gasteiger partial charge in [0.15, 0.2) is 4.60 Å². The fraction of sp³-hybridized carbons (Fsp3) is 0.345. The lowest BCUT2D eigenvalue weighted by Gasteiger charge is -2.33. The van der Waals surface area contributed by atoms with Gasteiger partial charge in [0.1, 0.15) is 5.69 Å². The number of aromatic nitrogens is 5. The van der Waals surface area contributed by atoms with Crippen molar-refractivity contribution in [3.8, 4) is 11.3 Å². The van der Waals surface area contributed by atoms with Crippen molar-refractivity contribution < 1.29 is 9.84 Å². The lowest BCUT2D eigenvalue weighted by molar-refractivity contribution is 0.0552. The van der Waals surface area contributed by atoms with Crippen LogP contribution in [0.5, 0.6) is 0 Å². The van der Waals surface area contributed by atoms with Crippen LogP contribution >= 0.6 is 15.9 Å². The van der Waals surface area contributed by atoms with Crippen molar-refractivity contribution in [2.75, 3.05) is 13.2 Å². The van der Waals surface area contributed by atoms with Crippen LogP contribution in [0.3, 0.4) is 0 Å². The van der Waals surface area contributed by atoms with E-state index >= 15 is 0 Å². The van der Waals surface area contributed by atoms with Crippen LogP contribution < -0.4 is 0 Å². The molecule has 1 fully saturated rings. The van der Waals surface area contributed by atoms with Gasteiger partial charge in [0.05, 0.1) is 28.2 Å². The van der Waals surface area contributed by atoms with Crippen molar-refractivity contribution in [1.29, 1.82) is 0 Å². The summed E-state index contributed by atoms with van der Waals surface area (Å²) in [6.45, 7) is 5.18. The summed E-state index contributed by atoms with van der Waals surface area (Å²) in [6, 6.07) is 19.3. The molecule has 3 aromatic heterocycles. The molecular weight excluding hydrogens is 530 g/mol. The van der Waals surface area contributed by atoms with Gasteiger partial charge in [-0.25, -0.2) is 4.68 Å². The van der Waals surface area contributed by atoms with Crippen LogP contribution in [0.15, 0.2) is 65.4 Å². The number of hydrogen-bond donors (Lipinski definition) is 1. The maximum atomic E-state index is 10.9. The quantitative estimate of drug-likeness (QED) is 0.286. The number of ether oxygens (including phenoxy) is 1. The van der Waals surface area contributed by atoms with Gasteiger partial charge in [-0.2, -0.15) is 0 Å². The molecule has 8 heteroatoms. The Morgan fingerprint density at radius 3 is 2.49 bits per heavy atom. The Kier molecular flexibility index (Phi) is 6.13. The van der Waals surface area contributed by atoms with Crippen LogP contribution in [0, 0.1) is 5.92 Å². The molecule has 190 valence electrons. The summed E-state index contributed by atoms with van der Waals surface area (Å²) in [7, 11) is 1.89. The number of fused-ring (bicyclic) bond motifs is 3. The van der Waals surface area contributed by atoms with Crippen molar-refractivity contribution in [3.05, 3.63) is 76.5 Å². The smallest absolute Gasteiger partial charge is 0.156 e. The maximum Gasteiger partial charge on any atom is 0.156 e. The molecule has 0 bridgehead atoms. The maximum absolute atomic E-state index is 10.9. The first-order chi connectivity index (χ1) is 17.8. The van der Waals surface area contributed by atoms with Crippen molar-refractivity contribution in [2.45, 2.75) is 38.3 Å². The van der Waals surface area contributed by atoms with E-state index in [9.17, 15) is 5.11 Å². The van der Waals surface area contributed by atoms with Gasteiger partial charge in [-0.05, 0) is 71.8 Å². The van der Waals surface area contributed by atoms with Crippen LogP contribution in [0.2, 0.25) is 0 Å². The number of rotatable bonds is 5. The zero-order chi connectivity index (χ0) is 25.7. The zero-order valence-electron chi connectivity index (χ0n) is 21.2. The number of benzene rings is 2. The molecule has 7 nitrogen and oxygen atoms in total. The first kappa shape index (κ1) is 24.3. The number of aliphatic hydroxyl groups is 1. The summed E-state index contributed by atoms with van der Waals surface area (Å²) in [5.74, 6) is 0.398. The van der Waals surface area contributed by atoms with E-state index in [1.165, 1.54) is 5.56 Å². The number of pyridine rings is 1. The minimum atomic E-state index is -0.958. The number of aryl methyl sites for hydroxylation is 1. The highest BCUT2D eigenvalue weighted by Crippen LogP contribution is 2.42. The van der Waals surface area contributed by atoms with E-state index in [-0.39, 0.29) is 6.04 Å². The highest BCUT2D eigenvalue weighted by Gasteiger charge is 2.31. The summed E-state index contributed by atoms with van der Waals surface area (Å²) < 4.78 is 10.7. The first-order valence-electron chi connectivity index (χ1n) is 12.7. The third kappa shape index (κ3) is 4.27. The molecule has 1 aliphatic rings. The van der Waals surface area contributed by atoms with Gasteiger partial charge >= 0.3 is 0 Å². The fourth-order valence-electron chi connectivity index (χ4n) is 5.67. The van der Waals surface area contributed by atoms with Crippen molar-refractivity contribution >= 4 is 37.9 Å². The van der Waals surface area contributed by atoms with E-state index in [1.54, 1.807) is 4.68 Å². The Labute approximate surface area is 224 Å². The van der Waals surface area contributed by atoms with E-state index in [2.05, 4.69) is 79.3 Å². The van der Waals surface area contributed by atoms with Gasteiger partial charge in [-0.1, -0.05) is 47.7 Å². The monoisotopic (exact) mass is 559 g/mol. The Morgan fingerprint density at radius 1 is 1.05 bits per heavy atom. The molecule has 1 atom stereocenters. The van der Waals surface area contributed by atoms with Crippen molar-refractivity contribution in [2.24, 2.45) is 13.0 Å². The Morgan fingerprint density at radius 2 is 1.81 bits per heavy atom. The molecule has 4 heterocycles. The molecule has 2 aromatic carbocycles. The van der Waals surface area contributed by atoms with Gasteiger partial charge in [-0.15, -0.1) is 5.10 Å². The van der Waals surface area contributed by atoms with Crippen LogP contribution in [-0.2, 0) is 17.4 Å². The molecule has 5 aromatic rings. The minimum Gasteiger partial charge on any atom is -0.386 e. The number of nitrogens with zero attached hydrogens (tertiary/aromatic N) is 5. The van der Waals surface area contributed by atoms with E-state index < -0.39 is 5.60 Å². The fourth-order valence-corrected chi connectivity index (χ4v) is 6.22. The Hall–Kier alpha value is -3.07. The highest BCUT2D eigenvalue weighted by atomic mass is 79.9. The van der Waals surface area contributed by atoms with Gasteiger partial charge in [-0.3, -0.25) is 4.98 Å². The molecule has 1 aliphatic heterocycles. The third-order valence-electron chi connectivity index (χ3n) is 7.54. The summed E-state index contributed by atoms with van der Waals surface area (Å²) in [5, 5.41) is 20.3. The molecule has 0 spiro atoms. The predicted molar refractivity (Wildman–Crippen MR) is 148 cm³/mol. The predicted octanol–water partition coefficient (Wildman–Crippen LogP) is 5.99. The van der Waals surface area contributed by atoms with Crippen molar-refractivity contribution in [1.82, 2.24) is 24.5 Å². The lowest BCUT2D eigenvalue weighted by atomic mass is 9.86. The topological polar surface area (TPSA) is 78.0 Å². The second-order valence-electron chi connectivity index (χ2n) is 10.4. The molecule has 6 rings (SSSR count). The van der Waals surface area contributed by atoms with E-state index in [4.69, 9.17) is 9.72 Å². The Balaban J connectivity index is 1.69. The molecule has 1 N–H and O–H groups in total. The average Bonchev–Trinajstić information content (AvgIpc) is 3.40. The largest absolute Gasteiger partial charge is 0.386 e. The first-order valence-corrected chi connectivity index (χ1v) is 13.5. The summed E-state index contributed by atoms with van der Waals surface area (Å²) in [5.41, 5.74) is 6.07. The van der Waals surface area contributed by atoms with Crippen LogP contribution in [0.4, 0.5) is 0 Å². The standard InChI is InChI=1S/C29H30BrN5O2/c1-29(2,36)21-9-10-22-23(16-21)35(26(18-7-5-4-6-8-18)19-11-13-37-14-12-19)24-15-20(17-31-25(22)24)27-28(30)32-33-34(27)3/h4-10,15-17,19,26,36H,11-14H2,1-3H3/t26-/m1/s1. The minimum absolute atomic E-state index is 0.0901. The lowest BCUT2D eigenvalue weighted by Crippen LogP contribution is -2.27. The second-order valence-corrected chi connectivity index (χ2v) is 11.2. The molecule has 37 heavy (non-hydrogen) atoms. The van der Waals surface area contributed by atoms with Crippen LogP contribution in [0.1, 0.15) is 43.9 Å². The average molecular weight is 560 g/mol. The van der Waals surface area contributed by atoms with Crippen molar-refractivity contribution in [3.63, 3.8) is 0 Å². The van der Waals surface area contributed by atoms with Gasteiger partial charge in [0.25, 0.3) is 0 Å². The summed E-state index contributed by atoms with van der Waals surface area (Å²) in [4.78, 5) is 4.98. The number of hydrogen-bond acceptors (Lipinski definition) is 5. The third-order valence-corrected chi connectivity index (χ3v) is 8.07. The molecule has 0 unspecified atom stereocenters. The molecule has 0 radical (unpaired) electrons. The molecule has 0 amide bonds. The molecule has 0 saturated carbocycles. The van der Waals surface area contributed by atoms with Gasteiger partial charge in [0.2, 0.25) is 0 Å². The second kappa shape index (κ2) is 9.35. The summed E-state index contributed by atoms with van der Waals surface area (Å²) >= 11 is 3.56. The van der Waals surface area contributed by atoms with E-state index in [1.807, 2.05) is 33.2 Å². The highest BCUT2D eigenvalue weighted by molar-refractivity contribution is 9.10. The van der Waals surface area contributed by atoms with Gasteiger partial charge in [0, 0.05) is 37.4 Å². The zero-order valence-corrected chi connectivity index (χ0v) is 22.8. The summed E-state index contributed by atoms with van der Waals surface area (Å²) in [6.07, 6.45) is 3.86. The molecule has 0 aliphatic carbocycles. The number of halogens is 1. The molecule has 1 saturated heterocycles. The Bertz CT molecular complexity index is 1560. The van der Waals surface area contributed by atoms with Crippen LogP contribution in [-0.4, -0.2) is 42.9 Å².